The lowest BCUT2D eigenvalue weighted by Crippen LogP contribution is -2.46. The maximum atomic E-state index is 12.1. The number of hydrogen-bond acceptors (Lipinski definition) is 3. The van der Waals surface area contributed by atoms with Crippen molar-refractivity contribution in [1.29, 1.82) is 0 Å². The summed E-state index contributed by atoms with van der Waals surface area (Å²) in [7, 11) is 0. The molecule has 2 atom stereocenters. The molecule has 2 rings (SSSR count). The maximum Gasteiger partial charge on any atom is 0.407 e. The van der Waals surface area contributed by atoms with E-state index in [0.717, 1.165) is 13.0 Å². The standard InChI is InChI=1S/C20H32N2O2/c1-6-17(15-9-7-14(2)8-10-15)21-13-18(16-11-12-16)22-19(23)24-20(3,4)5/h7-10,16-18,21H,6,11-13H2,1-5H3,(H,22,23). The highest BCUT2D eigenvalue weighted by molar-refractivity contribution is 5.68. The van der Waals surface area contributed by atoms with E-state index in [1.807, 2.05) is 20.8 Å². The highest BCUT2D eigenvalue weighted by atomic mass is 16.6. The molecule has 2 N–H and O–H groups in total. The van der Waals surface area contributed by atoms with Crippen LogP contribution in [0.2, 0.25) is 0 Å². The number of carbonyl (C=O) groups is 1. The van der Waals surface area contributed by atoms with Gasteiger partial charge in [-0.2, -0.15) is 0 Å². The number of amides is 1. The van der Waals surface area contributed by atoms with Crippen LogP contribution in [0.3, 0.4) is 0 Å². The van der Waals surface area contributed by atoms with Crippen LogP contribution in [-0.2, 0) is 4.74 Å². The molecule has 4 nitrogen and oxygen atoms in total. The van der Waals surface area contributed by atoms with E-state index in [0.29, 0.717) is 12.0 Å². The highest BCUT2D eigenvalue weighted by Crippen LogP contribution is 2.33. The largest absolute Gasteiger partial charge is 0.444 e. The van der Waals surface area contributed by atoms with Gasteiger partial charge in [0, 0.05) is 18.6 Å². The van der Waals surface area contributed by atoms with E-state index in [-0.39, 0.29) is 12.1 Å². The molecular weight excluding hydrogens is 300 g/mol. The fraction of sp³-hybridized carbons (Fsp3) is 0.650. The molecule has 0 heterocycles. The highest BCUT2D eigenvalue weighted by Gasteiger charge is 2.33. The van der Waals surface area contributed by atoms with Gasteiger partial charge in [-0.05, 0) is 58.4 Å². The van der Waals surface area contributed by atoms with Crippen LogP contribution >= 0.6 is 0 Å². The monoisotopic (exact) mass is 332 g/mol. The fourth-order valence-corrected chi connectivity index (χ4v) is 2.86. The van der Waals surface area contributed by atoms with Crippen LogP contribution in [0, 0.1) is 12.8 Å². The minimum absolute atomic E-state index is 0.138. The van der Waals surface area contributed by atoms with Gasteiger partial charge in [0.25, 0.3) is 0 Å². The summed E-state index contributed by atoms with van der Waals surface area (Å²) in [6, 6.07) is 9.12. The quantitative estimate of drug-likeness (QED) is 0.781. The first-order valence-electron chi connectivity index (χ1n) is 9.08. The third-order valence-electron chi connectivity index (χ3n) is 4.37. The molecule has 0 radical (unpaired) electrons. The minimum Gasteiger partial charge on any atom is -0.444 e. The Labute approximate surface area is 146 Å². The van der Waals surface area contributed by atoms with E-state index in [1.54, 1.807) is 0 Å². The molecule has 1 aliphatic carbocycles. The van der Waals surface area contributed by atoms with Crippen molar-refractivity contribution in [1.82, 2.24) is 10.6 Å². The second-order valence-corrected chi connectivity index (χ2v) is 7.87. The lowest BCUT2D eigenvalue weighted by atomic mass is 10.0. The number of benzene rings is 1. The van der Waals surface area contributed by atoms with E-state index < -0.39 is 5.60 Å². The smallest absolute Gasteiger partial charge is 0.407 e. The van der Waals surface area contributed by atoms with Crippen LogP contribution in [0.15, 0.2) is 24.3 Å². The molecule has 4 heteroatoms. The van der Waals surface area contributed by atoms with Crippen LogP contribution in [0.4, 0.5) is 4.79 Å². The van der Waals surface area contributed by atoms with Gasteiger partial charge in [0.1, 0.15) is 5.60 Å². The Kier molecular flexibility index (Phi) is 6.27. The van der Waals surface area contributed by atoms with Crippen molar-refractivity contribution in [3.8, 4) is 0 Å². The maximum absolute atomic E-state index is 12.1. The van der Waals surface area contributed by atoms with Crippen LogP contribution in [0.1, 0.15) is 64.1 Å². The summed E-state index contributed by atoms with van der Waals surface area (Å²) in [4.78, 5) is 12.1. The predicted molar refractivity (Wildman–Crippen MR) is 98.1 cm³/mol. The first-order valence-corrected chi connectivity index (χ1v) is 9.08. The summed E-state index contributed by atoms with van der Waals surface area (Å²) >= 11 is 0. The zero-order chi connectivity index (χ0) is 17.7. The Morgan fingerprint density at radius 2 is 1.88 bits per heavy atom. The molecular formula is C20H32N2O2. The molecule has 0 aromatic heterocycles. The fourth-order valence-electron chi connectivity index (χ4n) is 2.86. The molecule has 0 aliphatic heterocycles. The molecule has 1 aliphatic rings. The number of hydrogen-bond donors (Lipinski definition) is 2. The lowest BCUT2D eigenvalue weighted by Gasteiger charge is -2.26. The van der Waals surface area contributed by atoms with E-state index in [2.05, 4.69) is 48.7 Å². The van der Waals surface area contributed by atoms with Gasteiger partial charge in [-0.15, -0.1) is 0 Å². The summed E-state index contributed by atoms with van der Waals surface area (Å²) in [5, 5.41) is 6.68. The molecule has 1 saturated carbocycles. The van der Waals surface area contributed by atoms with E-state index in [4.69, 9.17) is 4.74 Å². The van der Waals surface area contributed by atoms with Crippen LogP contribution < -0.4 is 10.6 Å². The van der Waals surface area contributed by atoms with Gasteiger partial charge in [0.05, 0.1) is 0 Å². The summed E-state index contributed by atoms with van der Waals surface area (Å²) in [6.07, 6.45) is 3.07. The van der Waals surface area contributed by atoms with Crippen molar-refractivity contribution in [3.63, 3.8) is 0 Å². The van der Waals surface area contributed by atoms with Crippen molar-refractivity contribution >= 4 is 6.09 Å². The van der Waals surface area contributed by atoms with Crippen molar-refractivity contribution in [2.45, 2.75) is 71.6 Å². The summed E-state index contributed by atoms with van der Waals surface area (Å²) in [5.41, 5.74) is 2.12. The summed E-state index contributed by atoms with van der Waals surface area (Å²) in [6.45, 7) is 10.7. The number of ether oxygens (including phenoxy) is 1. The van der Waals surface area contributed by atoms with Crippen LogP contribution in [-0.4, -0.2) is 24.3 Å². The van der Waals surface area contributed by atoms with E-state index in [9.17, 15) is 4.79 Å². The van der Waals surface area contributed by atoms with Crippen molar-refractivity contribution < 1.29 is 9.53 Å². The van der Waals surface area contributed by atoms with Gasteiger partial charge in [0.15, 0.2) is 0 Å². The predicted octanol–water partition coefficient (Wildman–Crippen LogP) is 4.34. The second-order valence-electron chi connectivity index (χ2n) is 7.87. The number of rotatable bonds is 7. The third-order valence-corrected chi connectivity index (χ3v) is 4.37. The van der Waals surface area contributed by atoms with Crippen molar-refractivity contribution in [2.75, 3.05) is 6.54 Å². The van der Waals surface area contributed by atoms with Crippen molar-refractivity contribution in [3.05, 3.63) is 35.4 Å². The van der Waals surface area contributed by atoms with Gasteiger partial charge in [-0.25, -0.2) is 4.79 Å². The minimum atomic E-state index is -0.459. The molecule has 0 saturated heterocycles. The average Bonchev–Trinajstić information content (AvgIpc) is 3.31. The van der Waals surface area contributed by atoms with E-state index >= 15 is 0 Å². The van der Waals surface area contributed by atoms with Gasteiger partial charge >= 0.3 is 6.09 Å². The molecule has 1 aromatic carbocycles. The average molecular weight is 332 g/mol. The molecule has 0 spiro atoms. The molecule has 0 bridgehead atoms. The third kappa shape index (κ3) is 6.16. The Morgan fingerprint density at radius 3 is 2.38 bits per heavy atom. The Bertz CT molecular complexity index is 530. The Morgan fingerprint density at radius 1 is 1.25 bits per heavy atom. The molecule has 1 aromatic rings. The van der Waals surface area contributed by atoms with Gasteiger partial charge in [0.2, 0.25) is 0 Å². The van der Waals surface area contributed by atoms with Crippen molar-refractivity contribution in [2.24, 2.45) is 5.92 Å². The summed E-state index contributed by atoms with van der Waals surface area (Å²) in [5.74, 6) is 0.570. The van der Waals surface area contributed by atoms with Crippen LogP contribution in [0.25, 0.3) is 0 Å². The molecule has 24 heavy (non-hydrogen) atoms. The number of carbonyl (C=O) groups excluding carboxylic acids is 1. The van der Waals surface area contributed by atoms with Gasteiger partial charge in [-0.1, -0.05) is 36.8 Å². The SMILES string of the molecule is CCC(NCC(NC(=O)OC(C)(C)C)C1CC1)c1ccc(C)cc1. The lowest BCUT2D eigenvalue weighted by molar-refractivity contribution is 0.0496. The number of alkyl carbamates (subject to hydrolysis) is 1. The summed E-state index contributed by atoms with van der Waals surface area (Å²) < 4.78 is 5.40. The molecule has 2 unspecified atom stereocenters. The first-order chi connectivity index (χ1) is 11.3. The zero-order valence-corrected chi connectivity index (χ0v) is 15.7. The Hall–Kier alpha value is -1.55. The molecule has 1 amide bonds. The van der Waals surface area contributed by atoms with Gasteiger partial charge in [-0.3, -0.25) is 0 Å². The second kappa shape index (κ2) is 8.02. The van der Waals surface area contributed by atoms with E-state index in [1.165, 1.54) is 24.0 Å². The molecule has 134 valence electrons. The molecule has 1 fully saturated rings. The first kappa shape index (κ1) is 18.8. The number of nitrogens with one attached hydrogen (secondary N) is 2. The number of aryl methyl sites for hydroxylation is 1. The zero-order valence-electron chi connectivity index (χ0n) is 15.7. The van der Waals surface area contributed by atoms with Gasteiger partial charge < -0.3 is 15.4 Å². The normalized spacial score (nSPS) is 17.2. The topological polar surface area (TPSA) is 50.4 Å². The Balaban J connectivity index is 1.90. The van der Waals surface area contributed by atoms with Crippen LogP contribution in [0.5, 0.6) is 0 Å².